The molecule has 60 valence electrons. The summed E-state index contributed by atoms with van der Waals surface area (Å²) >= 11 is 0. The largest absolute Gasteiger partial charge is 0.106 e. The van der Waals surface area contributed by atoms with Crippen LogP contribution < -0.4 is 0 Å². The molecule has 0 aliphatic heterocycles. The van der Waals surface area contributed by atoms with E-state index in [-0.39, 0.29) is 0 Å². The Kier molecular flexibility index (Phi) is 9.66. The number of hydrogen-bond donors (Lipinski definition) is 0. The van der Waals surface area contributed by atoms with Crippen LogP contribution in [0.1, 0.15) is 20.3 Å². The molecule has 0 fully saturated rings. The number of hydrogen-bond acceptors (Lipinski definition) is 2. The predicted molar refractivity (Wildman–Crippen MR) is 56.4 cm³/mol. The molecule has 2 heteroatoms. The SMILES string of the molecule is CC#CCSSCC#CCC. The molecule has 0 radical (unpaired) electrons. The van der Waals surface area contributed by atoms with E-state index in [1.165, 1.54) is 0 Å². The van der Waals surface area contributed by atoms with Crippen LogP contribution >= 0.6 is 21.6 Å². The van der Waals surface area contributed by atoms with E-state index in [2.05, 4.69) is 30.6 Å². The maximum atomic E-state index is 3.06. The Morgan fingerprint density at radius 2 is 1.64 bits per heavy atom. The van der Waals surface area contributed by atoms with Crippen LogP contribution in [0.25, 0.3) is 0 Å². The van der Waals surface area contributed by atoms with Crippen LogP contribution in [0.2, 0.25) is 0 Å². The van der Waals surface area contributed by atoms with Crippen LogP contribution in [0.5, 0.6) is 0 Å². The van der Waals surface area contributed by atoms with E-state index in [1.807, 2.05) is 6.92 Å². The fourth-order valence-corrected chi connectivity index (χ4v) is 1.77. The molecule has 0 spiro atoms. The van der Waals surface area contributed by atoms with Crippen molar-refractivity contribution in [2.75, 3.05) is 11.5 Å². The molecule has 0 atom stereocenters. The minimum atomic E-state index is 0.912. The summed E-state index contributed by atoms with van der Waals surface area (Å²) in [5, 5.41) is 0. The maximum Gasteiger partial charge on any atom is 0.0651 e. The summed E-state index contributed by atoms with van der Waals surface area (Å²) in [5.41, 5.74) is 0. The molecule has 0 aromatic carbocycles. The fourth-order valence-electron chi connectivity index (χ4n) is 0.390. The fraction of sp³-hybridized carbons (Fsp3) is 0.556. The quantitative estimate of drug-likeness (QED) is 0.376. The van der Waals surface area contributed by atoms with Gasteiger partial charge in [0.2, 0.25) is 0 Å². The Labute approximate surface area is 77.3 Å². The van der Waals surface area contributed by atoms with Gasteiger partial charge in [-0.3, -0.25) is 0 Å². The average molecular weight is 184 g/mol. The van der Waals surface area contributed by atoms with E-state index in [4.69, 9.17) is 0 Å². The molecular formula is C9H12S2. The lowest BCUT2D eigenvalue weighted by atomic mass is 10.5. The molecule has 0 aliphatic rings. The summed E-state index contributed by atoms with van der Waals surface area (Å²) < 4.78 is 0. The van der Waals surface area contributed by atoms with Gasteiger partial charge in [0.25, 0.3) is 0 Å². The lowest BCUT2D eigenvalue weighted by molar-refractivity contribution is 1.28. The van der Waals surface area contributed by atoms with Crippen molar-refractivity contribution in [3.8, 4) is 23.7 Å². The van der Waals surface area contributed by atoms with Gasteiger partial charge in [0.1, 0.15) is 0 Å². The highest BCUT2D eigenvalue weighted by Crippen LogP contribution is 2.18. The Balaban J connectivity index is 3.06. The van der Waals surface area contributed by atoms with Crippen LogP contribution in [-0.2, 0) is 0 Å². The Morgan fingerprint density at radius 1 is 1.00 bits per heavy atom. The van der Waals surface area contributed by atoms with Gasteiger partial charge in [0.05, 0.1) is 11.5 Å². The van der Waals surface area contributed by atoms with Crippen LogP contribution in [0, 0.1) is 23.7 Å². The van der Waals surface area contributed by atoms with Gasteiger partial charge < -0.3 is 0 Å². The summed E-state index contributed by atoms with van der Waals surface area (Å²) in [7, 11) is 3.54. The Hall–Kier alpha value is -0.180. The van der Waals surface area contributed by atoms with Crippen molar-refractivity contribution in [1.29, 1.82) is 0 Å². The van der Waals surface area contributed by atoms with Gasteiger partial charge >= 0.3 is 0 Å². The van der Waals surface area contributed by atoms with Crippen LogP contribution in [0.3, 0.4) is 0 Å². The molecule has 0 rings (SSSR count). The first-order valence-electron chi connectivity index (χ1n) is 3.51. The van der Waals surface area contributed by atoms with Crippen molar-refractivity contribution >= 4 is 21.6 Å². The zero-order chi connectivity index (χ0) is 8.36. The molecule has 0 saturated heterocycles. The molecular weight excluding hydrogens is 172 g/mol. The molecule has 0 aliphatic carbocycles. The van der Waals surface area contributed by atoms with Crippen molar-refractivity contribution in [2.45, 2.75) is 20.3 Å². The summed E-state index contributed by atoms with van der Waals surface area (Å²) in [6, 6.07) is 0. The first-order chi connectivity index (χ1) is 5.41. The molecule has 0 amide bonds. The molecule has 0 aromatic rings. The van der Waals surface area contributed by atoms with E-state index in [1.54, 1.807) is 21.6 Å². The van der Waals surface area contributed by atoms with Crippen LogP contribution in [-0.4, -0.2) is 11.5 Å². The van der Waals surface area contributed by atoms with E-state index in [0.29, 0.717) is 0 Å². The van der Waals surface area contributed by atoms with E-state index < -0.39 is 0 Å². The highest BCUT2D eigenvalue weighted by molar-refractivity contribution is 8.76. The first-order valence-corrected chi connectivity index (χ1v) is 6.00. The zero-order valence-electron chi connectivity index (χ0n) is 6.94. The molecule has 0 heterocycles. The molecule has 0 saturated carbocycles. The third kappa shape index (κ3) is 9.82. The van der Waals surface area contributed by atoms with Crippen molar-refractivity contribution < 1.29 is 0 Å². The summed E-state index contributed by atoms with van der Waals surface area (Å²) in [5.74, 6) is 13.7. The molecule has 0 N–H and O–H groups in total. The minimum Gasteiger partial charge on any atom is -0.106 e. The van der Waals surface area contributed by atoms with Crippen LogP contribution in [0.15, 0.2) is 0 Å². The van der Waals surface area contributed by atoms with Gasteiger partial charge in [0, 0.05) is 6.42 Å². The van der Waals surface area contributed by atoms with Crippen molar-refractivity contribution in [2.24, 2.45) is 0 Å². The van der Waals surface area contributed by atoms with Gasteiger partial charge in [-0.2, -0.15) is 0 Å². The first kappa shape index (κ1) is 10.8. The maximum absolute atomic E-state index is 3.06. The van der Waals surface area contributed by atoms with Crippen molar-refractivity contribution in [1.82, 2.24) is 0 Å². The second-order valence-corrected chi connectivity index (χ2v) is 4.12. The Morgan fingerprint density at radius 3 is 2.18 bits per heavy atom. The standard InChI is InChI=1S/C9H12S2/c1-3-5-7-9-11-10-8-6-4-2/h3,8-9H2,1-2H3. The van der Waals surface area contributed by atoms with E-state index in [0.717, 1.165) is 17.9 Å². The summed E-state index contributed by atoms with van der Waals surface area (Å²) in [6.45, 7) is 3.93. The second kappa shape index (κ2) is 9.82. The summed E-state index contributed by atoms with van der Waals surface area (Å²) in [4.78, 5) is 0. The summed E-state index contributed by atoms with van der Waals surface area (Å²) in [6.07, 6.45) is 0.958. The molecule has 0 aromatic heterocycles. The number of rotatable bonds is 3. The monoisotopic (exact) mass is 184 g/mol. The second-order valence-electron chi connectivity index (χ2n) is 1.66. The molecule has 11 heavy (non-hydrogen) atoms. The molecule has 0 nitrogen and oxygen atoms in total. The topological polar surface area (TPSA) is 0 Å². The molecule has 0 bridgehead atoms. The Bertz CT molecular complexity index is 187. The van der Waals surface area contributed by atoms with Gasteiger partial charge in [-0.25, -0.2) is 0 Å². The lowest BCUT2D eigenvalue weighted by Crippen LogP contribution is -1.69. The average Bonchev–Trinajstić information content (AvgIpc) is 2.03. The van der Waals surface area contributed by atoms with Gasteiger partial charge in [-0.1, -0.05) is 40.4 Å². The highest BCUT2D eigenvalue weighted by Gasteiger charge is 1.81. The van der Waals surface area contributed by atoms with E-state index >= 15 is 0 Å². The third-order valence-corrected chi connectivity index (χ3v) is 2.72. The van der Waals surface area contributed by atoms with E-state index in [9.17, 15) is 0 Å². The third-order valence-electron chi connectivity index (χ3n) is 0.824. The van der Waals surface area contributed by atoms with Crippen molar-refractivity contribution in [3.63, 3.8) is 0 Å². The van der Waals surface area contributed by atoms with Crippen molar-refractivity contribution in [3.05, 3.63) is 0 Å². The van der Waals surface area contributed by atoms with Gasteiger partial charge in [-0.15, -0.1) is 11.8 Å². The zero-order valence-corrected chi connectivity index (χ0v) is 8.57. The lowest BCUT2D eigenvalue weighted by Gasteiger charge is -1.87. The predicted octanol–water partition coefficient (Wildman–Crippen LogP) is 2.80. The smallest absolute Gasteiger partial charge is 0.0651 e. The van der Waals surface area contributed by atoms with Gasteiger partial charge in [0.15, 0.2) is 0 Å². The van der Waals surface area contributed by atoms with Gasteiger partial charge in [-0.05, 0) is 6.92 Å². The normalized spacial score (nSPS) is 7.45. The minimum absolute atomic E-state index is 0.912. The highest BCUT2D eigenvalue weighted by atomic mass is 33.1. The van der Waals surface area contributed by atoms with Crippen LogP contribution in [0.4, 0.5) is 0 Å². The molecule has 0 unspecified atom stereocenters.